The first kappa shape index (κ1) is 25.4. The standard InChI is InChI=1S/C23H35N3O6/c1-16(14-20(28)29)24-19(27)15-26-11-5-6-18(21(26)30)8-7-17-9-12-25(13-10-17)22(31)32-23(2,3)4/h5-6,11,16-17H,7-10,12-15H2,1-4H3,(H,24,27)(H,28,29)/t16-/m1/s1. The average Bonchev–Trinajstić information content (AvgIpc) is 2.67. The zero-order valence-corrected chi connectivity index (χ0v) is 19.4. The number of carbonyl (C=O) groups excluding carboxylic acids is 2. The van der Waals surface area contributed by atoms with Gasteiger partial charge in [0.05, 0.1) is 6.42 Å². The molecule has 9 nitrogen and oxygen atoms in total. The maximum atomic E-state index is 12.7. The van der Waals surface area contributed by atoms with E-state index in [1.54, 1.807) is 30.2 Å². The minimum Gasteiger partial charge on any atom is -0.481 e. The van der Waals surface area contributed by atoms with Gasteiger partial charge in [0.2, 0.25) is 5.91 Å². The zero-order valence-electron chi connectivity index (χ0n) is 19.4. The molecule has 0 aromatic carbocycles. The van der Waals surface area contributed by atoms with Crippen LogP contribution in [0.25, 0.3) is 0 Å². The third-order valence-corrected chi connectivity index (χ3v) is 5.39. The molecule has 0 saturated carbocycles. The van der Waals surface area contributed by atoms with E-state index < -0.39 is 23.5 Å². The summed E-state index contributed by atoms with van der Waals surface area (Å²) in [7, 11) is 0. The first-order valence-corrected chi connectivity index (χ1v) is 11.1. The number of hydrogen-bond donors (Lipinski definition) is 2. The Bertz CT molecular complexity index is 865. The summed E-state index contributed by atoms with van der Waals surface area (Å²) in [6.45, 7) is 8.31. The molecule has 32 heavy (non-hydrogen) atoms. The Labute approximate surface area is 188 Å². The number of aliphatic carboxylic acids is 1. The molecular weight excluding hydrogens is 414 g/mol. The third-order valence-electron chi connectivity index (χ3n) is 5.39. The number of nitrogens with one attached hydrogen (secondary N) is 1. The van der Waals surface area contributed by atoms with Gasteiger partial charge in [0, 0.05) is 30.9 Å². The lowest BCUT2D eigenvalue weighted by Crippen LogP contribution is -2.41. The molecule has 178 valence electrons. The van der Waals surface area contributed by atoms with Crippen LogP contribution in [0.2, 0.25) is 0 Å². The Morgan fingerprint density at radius 1 is 1.25 bits per heavy atom. The highest BCUT2D eigenvalue weighted by Gasteiger charge is 2.26. The number of piperidine rings is 1. The van der Waals surface area contributed by atoms with Crippen molar-refractivity contribution >= 4 is 18.0 Å². The van der Waals surface area contributed by atoms with E-state index in [0.717, 1.165) is 19.3 Å². The zero-order chi connectivity index (χ0) is 23.9. The second-order valence-electron chi connectivity index (χ2n) is 9.48. The van der Waals surface area contributed by atoms with Crippen LogP contribution in [0.5, 0.6) is 0 Å². The lowest BCUT2D eigenvalue weighted by Gasteiger charge is -2.33. The van der Waals surface area contributed by atoms with Crippen molar-refractivity contribution in [2.45, 2.75) is 78.0 Å². The van der Waals surface area contributed by atoms with Crippen molar-refractivity contribution in [2.24, 2.45) is 5.92 Å². The van der Waals surface area contributed by atoms with Crippen LogP contribution in [0.4, 0.5) is 4.79 Å². The number of amides is 2. The maximum Gasteiger partial charge on any atom is 0.410 e. The van der Waals surface area contributed by atoms with Gasteiger partial charge in [-0.05, 0) is 65.4 Å². The highest BCUT2D eigenvalue weighted by Crippen LogP contribution is 2.23. The van der Waals surface area contributed by atoms with Crippen LogP contribution < -0.4 is 10.9 Å². The number of carbonyl (C=O) groups is 3. The van der Waals surface area contributed by atoms with E-state index in [2.05, 4.69) is 5.32 Å². The molecule has 0 bridgehead atoms. The van der Waals surface area contributed by atoms with Gasteiger partial charge in [-0.25, -0.2) is 4.79 Å². The molecule has 1 aliphatic heterocycles. The fourth-order valence-electron chi connectivity index (χ4n) is 3.78. The molecule has 2 rings (SSSR count). The fraction of sp³-hybridized carbons (Fsp3) is 0.652. The van der Waals surface area contributed by atoms with Gasteiger partial charge in [0.25, 0.3) is 5.56 Å². The molecule has 1 aromatic rings. The van der Waals surface area contributed by atoms with E-state index in [1.165, 1.54) is 4.57 Å². The minimum atomic E-state index is -0.992. The highest BCUT2D eigenvalue weighted by molar-refractivity contribution is 5.77. The van der Waals surface area contributed by atoms with Crippen LogP contribution in [0.15, 0.2) is 23.1 Å². The summed E-state index contributed by atoms with van der Waals surface area (Å²) < 4.78 is 6.78. The Morgan fingerprint density at radius 3 is 2.50 bits per heavy atom. The van der Waals surface area contributed by atoms with Crippen LogP contribution in [-0.4, -0.2) is 57.3 Å². The molecule has 1 aliphatic rings. The van der Waals surface area contributed by atoms with Gasteiger partial charge >= 0.3 is 12.1 Å². The van der Waals surface area contributed by atoms with Gasteiger partial charge in [0.1, 0.15) is 12.1 Å². The molecular formula is C23H35N3O6. The van der Waals surface area contributed by atoms with Crippen LogP contribution >= 0.6 is 0 Å². The number of pyridine rings is 1. The monoisotopic (exact) mass is 449 g/mol. The number of hydrogen-bond acceptors (Lipinski definition) is 5. The number of carboxylic acids is 1. The van der Waals surface area contributed by atoms with Gasteiger partial charge in [-0.15, -0.1) is 0 Å². The fourth-order valence-corrected chi connectivity index (χ4v) is 3.78. The van der Waals surface area contributed by atoms with Crippen LogP contribution in [-0.2, 0) is 27.3 Å². The third kappa shape index (κ3) is 8.36. The molecule has 2 heterocycles. The lowest BCUT2D eigenvalue weighted by atomic mass is 9.91. The molecule has 0 radical (unpaired) electrons. The molecule has 1 fully saturated rings. The summed E-state index contributed by atoms with van der Waals surface area (Å²) in [6.07, 6.45) is 4.28. The Morgan fingerprint density at radius 2 is 1.91 bits per heavy atom. The van der Waals surface area contributed by atoms with Gasteiger partial charge in [-0.2, -0.15) is 0 Å². The maximum absolute atomic E-state index is 12.7. The summed E-state index contributed by atoms with van der Waals surface area (Å²) in [6, 6.07) is 3.01. The van der Waals surface area contributed by atoms with Crippen molar-refractivity contribution in [2.75, 3.05) is 13.1 Å². The molecule has 9 heteroatoms. The van der Waals surface area contributed by atoms with E-state index in [4.69, 9.17) is 9.84 Å². The smallest absolute Gasteiger partial charge is 0.410 e. The van der Waals surface area contributed by atoms with Gasteiger partial charge in [0.15, 0.2) is 0 Å². The summed E-state index contributed by atoms with van der Waals surface area (Å²) in [5, 5.41) is 11.4. The van der Waals surface area contributed by atoms with Gasteiger partial charge < -0.3 is 24.6 Å². The van der Waals surface area contributed by atoms with Crippen molar-refractivity contribution in [3.8, 4) is 0 Å². The molecule has 1 atom stereocenters. The van der Waals surface area contributed by atoms with Gasteiger partial charge in [-0.1, -0.05) is 6.07 Å². The van der Waals surface area contributed by atoms with Crippen molar-refractivity contribution in [1.29, 1.82) is 0 Å². The van der Waals surface area contributed by atoms with Crippen molar-refractivity contribution in [3.05, 3.63) is 34.2 Å². The summed E-state index contributed by atoms with van der Waals surface area (Å²) in [5.41, 5.74) is -0.0695. The van der Waals surface area contributed by atoms with Crippen molar-refractivity contribution in [1.82, 2.24) is 14.8 Å². The Kier molecular flexibility index (Phi) is 8.86. The predicted octanol–water partition coefficient (Wildman–Crippen LogP) is 2.41. The van der Waals surface area contributed by atoms with Crippen LogP contribution in [0.1, 0.15) is 58.9 Å². The lowest BCUT2D eigenvalue weighted by molar-refractivity contribution is -0.137. The molecule has 1 saturated heterocycles. The van der Waals surface area contributed by atoms with E-state index in [1.807, 2.05) is 20.8 Å². The van der Waals surface area contributed by atoms with E-state index >= 15 is 0 Å². The SMILES string of the molecule is C[C@H](CC(=O)O)NC(=O)Cn1cccc(CCC2CCN(C(=O)OC(C)(C)C)CC2)c1=O. The molecule has 2 amide bonds. The summed E-state index contributed by atoms with van der Waals surface area (Å²) in [5.74, 6) is -0.969. The number of likely N-dealkylation sites (tertiary alicyclic amines) is 1. The molecule has 2 N–H and O–H groups in total. The number of carboxylic acid groups (broad SMARTS) is 1. The Balaban J connectivity index is 1.85. The average molecular weight is 450 g/mol. The summed E-state index contributed by atoms with van der Waals surface area (Å²) >= 11 is 0. The largest absolute Gasteiger partial charge is 0.481 e. The molecule has 0 spiro atoms. The van der Waals surface area contributed by atoms with E-state index in [9.17, 15) is 19.2 Å². The highest BCUT2D eigenvalue weighted by atomic mass is 16.6. The van der Waals surface area contributed by atoms with Crippen LogP contribution in [0.3, 0.4) is 0 Å². The topological polar surface area (TPSA) is 118 Å². The second-order valence-corrected chi connectivity index (χ2v) is 9.48. The number of rotatable bonds is 8. The minimum absolute atomic E-state index is 0.148. The van der Waals surface area contributed by atoms with Crippen molar-refractivity contribution in [3.63, 3.8) is 0 Å². The van der Waals surface area contributed by atoms with Crippen LogP contribution in [0, 0.1) is 5.92 Å². The predicted molar refractivity (Wildman–Crippen MR) is 119 cm³/mol. The number of ether oxygens (including phenoxy) is 1. The second kappa shape index (κ2) is 11.2. The van der Waals surface area contributed by atoms with Crippen molar-refractivity contribution < 1.29 is 24.2 Å². The Hall–Kier alpha value is -2.84. The first-order chi connectivity index (χ1) is 14.9. The molecule has 0 unspecified atom stereocenters. The number of aromatic nitrogens is 1. The van der Waals surface area contributed by atoms with E-state index in [0.29, 0.717) is 31.0 Å². The molecule has 0 aliphatic carbocycles. The molecule has 1 aromatic heterocycles. The van der Waals surface area contributed by atoms with Gasteiger partial charge in [-0.3, -0.25) is 14.4 Å². The summed E-state index contributed by atoms with van der Waals surface area (Å²) in [4.78, 5) is 49.5. The first-order valence-electron chi connectivity index (χ1n) is 11.1. The number of aryl methyl sites for hydroxylation is 1. The quantitative estimate of drug-likeness (QED) is 0.629. The van der Waals surface area contributed by atoms with E-state index in [-0.39, 0.29) is 24.6 Å². The normalized spacial score (nSPS) is 15.8. The number of nitrogens with zero attached hydrogens (tertiary/aromatic N) is 2.